The number of hydrogen-bond donors (Lipinski definition) is 0. The summed E-state index contributed by atoms with van der Waals surface area (Å²) < 4.78 is 0. The lowest BCUT2D eigenvalue weighted by Crippen LogP contribution is -2.47. The highest BCUT2D eigenvalue weighted by Gasteiger charge is 2.35. The molecule has 0 radical (unpaired) electrons. The summed E-state index contributed by atoms with van der Waals surface area (Å²) in [6.07, 6.45) is 8.67. The molecule has 0 aliphatic carbocycles. The molecule has 0 saturated heterocycles. The molecule has 4 aromatic rings. The van der Waals surface area contributed by atoms with Crippen molar-refractivity contribution in [2.45, 2.75) is 205 Å². The van der Waals surface area contributed by atoms with Gasteiger partial charge in [0.2, 0.25) is 43.4 Å². The van der Waals surface area contributed by atoms with Crippen LogP contribution in [0.1, 0.15) is 205 Å². The highest BCUT2D eigenvalue weighted by Crippen LogP contribution is 2.31. The van der Waals surface area contributed by atoms with Crippen LogP contribution >= 0.6 is 0 Å². The van der Waals surface area contributed by atoms with Crippen molar-refractivity contribution >= 4 is 22.7 Å². The zero-order chi connectivity index (χ0) is 64.1. The first-order chi connectivity index (χ1) is 38.4. The molecule has 0 fully saturated rings. The van der Waals surface area contributed by atoms with Gasteiger partial charge in [0.05, 0.1) is 22.7 Å². The molecule has 0 unspecified atom stereocenters. The van der Waals surface area contributed by atoms with Crippen molar-refractivity contribution in [1.82, 2.24) is 19.6 Å². The molecule has 0 saturated carbocycles. The normalized spacial score (nSPS) is 12.3. The largest absolute Gasteiger partial charge is 0.371 e. The van der Waals surface area contributed by atoms with Gasteiger partial charge in [0.25, 0.3) is 0 Å². The van der Waals surface area contributed by atoms with Gasteiger partial charge in [-0.3, -0.25) is 38.4 Å². The van der Waals surface area contributed by atoms with Crippen LogP contribution in [-0.4, -0.2) is 153 Å². The number of hydrogen-bond acceptors (Lipinski definition) is 16. The third kappa shape index (κ3) is 22.0. The lowest BCUT2D eigenvalue weighted by Gasteiger charge is -2.30. The first kappa shape index (κ1) is 76.4. The van der Waals surface area contributed by atoms with E-state index in [0.29, 0.717) is 45.0 Å². The lowest BCUT2D eigenvalue weighted by atomic mass is 9.82. The smallest absolute Gasteiger partial charge is 0.249 e. The van der Waals surface area contributed by atoms with Gasteiger partial charge in [-0.15, -0.1) is 0 Å². The minimum absolute atomic E-state index is 0.256. The number of anilines is 4. The van der Waals surface area contributed by atoms with E-state index in [2.05, 4.69) is 75.1 Å². The minimum atomic E-state index is -0.320. The van der Waals surface area contributed by atoms with E-state index in [-0.39, 0.29) is 65.1 Å². The highest BCUT2D eigenvalue weighted by molar-refractivity contribution is 5.63. The summed E-state index contributed by atoms with van der Waals surface area (Å²) in [5, 5.41) is 0. The van der Waals surface area contributed by atoms with Gasteiger partial charge in [-0.05, 0) is 152 Å². The minimum Gasteiger partial charge on any atom is -0.371 e. The molecular weight excluding hydrogens is 1040 g/mol. The van der Waals surface area contributed by atoms with Crippen LogP contribution in [0.3, 0.4) is 0 Å². The summed E-state index contributed by atoms with van der Waals surface area (Å²) in [6.45, 7) is 54.1. The van der Waals surface area contributed by atoms with E-state index in [1.807, 2.05) is 131 Å². The first-order valence-corrected chi connectivity index (χ1v) is 31.5. The maximum atomic E-state index is 11.9. The van der Waals surface area contributed by atoms with Gasteiger partial charge in [0.1, 0.15) is 0 Å². The van der Waals surface area contributed by atoms with E-state index in [1.165, 1.54) is 12.8 Å². The monoisotopic (exact) mass is 1160 g/mol. The standard InChI is InChI=1S/C18H32N2O2.C17H30N2O2.2C16H28N2O2/c1-7-10-20(11-8-2)13-9-12-19(6)15-14(18(3,4)5)16(21)17(15)22;1-7-10-19(8-2)12-9-11-18(6)14-13(17(3,4)5)15(20)16(14)21;1-7-9-17(5)10-8-11-18(6)13-12(16(2,3)4)14(19)15(13)20;1-7-18(8-2)11-9-10-17(6)13-12(16(3,4)5)14(19)15(13)20/h7-13H2,1-6H3;7-12H2,1-6H3;2*7-11H2,1-6H3. The molecule has 16 nitrogen and oxygen atoms in total. The average molecular weight is 1160 g/mol. The molecule has 0 spiro atoms. The molecule has 0 heterocycles. The summed E-state index contributed by atoms with van der Waals surface area (Å²) in [4.78, 5) is 112. The average Bonchev–Trinajstić information content (AvgIpc) is 3.40. The Morgan fingerprint density at radius 3 is 0.699 bits per heavy atom. The van der Waals surface area contributed by atoms with Crippen LogP contribution in [0.4, 0.5) is 22.7 Å². The first-order valence-electron chi connectivity index (χ1n) is 31.5. The fourth-order valence-corrected chi connectivity index (χ4v) is 11.1. The van der Waals surface area contributed by atoms with Gasteiger partial charge >= 0.3 is 0 Å². The second-order valence-corrected chi connectivity index (χ2v) is 27.2. The van der Waals surface area contributed by atoms with Crippen molar-refractivity contribution in [2.24, 2.45) is 0 Å². The molecule has 0 aliphatic heterocycles. The van der Waals surface area contributed by atoms with Crippen molar-refractivity contribution < 1.29 is 0 Å². The maximum absolute atomic E-state index is 11.9. The van der Waals surface area contributed by atoms with E-state index in [4.69, 9.17) is 0 Å². The van der Waals surface area contributed by atoms with Gasteiger partial charge in [-0.2, -0.15) is 0 Å². The molecule has 0 bridgehead atoms. The molecule has 4 rings (SSSR count). The van der Waals surface area contributed by atoms with E-state index < -0.39 is 0 Å². The van der Waals surface area contributed by atoms with Crippen molar-refractivity contribution in [3.05, 3.63) is 104 Å². The lowest BCUT2D eigenvalue weighted by molar-refractivity contribution is 0.272. The van der Waals surface area contributed by atoms with E-state index in [0.717, 1.165) is 137 Å². The van der Waals surface area contributed by atoms with Crippen LogP contribution in [0.5, 0.6) is 0 Å². The molecule has 0 aromatic heterocycles. The molecule has 0 aliphatic rings. The molecule has 0 atom stereocenters. The second kappa shape index (κ2) is 34.5. The summed E-state index contributed by atoms with van der Waals surface area (Å²) in [5.74, 6) is 0. The Labute approximate surface area is 502 Å². The SMILES string of the molecule is CCCN(C)CCCN(C)c1c(C(C)(C)C)c(=O)c1=O.CCCN(CC)CCCN(C)c1c(C(C)(C)C)c(=O)c1=O.CCCN(CCC)CCCN(C)c1c(C(C)(C)C)c(=O)c1=O.CCN(CC)CCCN(C)c1c(C(C)(C)C)c(=O)c1=O. The van der Waals surface area contributed by atoms with Crippen LogP contribution in [0, 0.1) is 0 Å². The van der Waals surface area contributed by atoms with Gasteiger partial charge in [-0.25, -0.2) is 0 Å². The van der Waals surface area contributed by atoms with Crippen LogP contribution in [-0.2, 0) is 21.7 Å². The summed E-state index contributed by atoms with van der Waals surface area (Å²) in [6, 6.07) is 0. The zero-order valence-corrected chi connectivity index (χ0v) is 57.1. The predicted molar refractivity (Wildman–Crippen MR) is 357 cm³/mol. The fourth-order valence-electron chi connectivity index (χ4n) is 11.1. The fraction of sp³-hybridized carbons (Fsp3) is 0.761. The summed E-state index contributed by atoms with van der Waals surface area (Å²) in [7, 11) is 9.77. The quantitative estimate of drug-likeness (QED) is 0.0443. The number of rotatable bonds is 31. The van der Waals surface area contributed by atoms with Crippen molar-refractivity contribution in [1.29, 1.82) is 0 Å². The Balaban J connectivity index is 0.000000554. The maximum Gasteiger partial charge on any atom is 0.249 e. The van der Waals surface area contributed by atoms with Crippen LogP contribution in [0.15, 0.2) is 38.4 Å². The molecule has 16 heteroatoms. The van der Waals surface area contributed by atoms with Crippen LogP contribution in [0.25, 0.3) is 0 Å². The Morgan fingerprint density at radius 1 is 0.253 bits per heavy atom. The number of nitrogens with zero attached hydrogens (tertiary/aromatic N) is 8. The third-order valence-electron chi connectivity index (χ3n) is 15.6. The van der Waals surface area contributed by atoms with Crippen LogP contribution < -0.4 is 63.0 Å². The third-order valence-corrected chi connectivity index (χ3v) is 15.6. The van der Waals surface area contributed by atoms with E-state index in [1.54, 1.807) is 0 Å². The van der Waals surface area contributed by atoms with Gasteiger partial charge in [-0.1, -0.05) is 132 Å². The van der Waals surface area contributed by atoms with Crippen molar-refractivity contribution in [3.63, 3.8) is 0 Å². The molecule has 4 aromatic carbocycles. The predicted octanol–water partition coefficient (Wildman–Crippen LogP) is 8.16. The Hall–Kier alpha value is -4.64. The van der Waals surface area contributed by atoms with Crippen molar-refractivity contribution in [2.75, 3.05) is 153 Å². The molecule has 0 amide bonds. The van der Waals surface area contributed by atoms with Gasteiger partial charge in [0, 0.05) is 76.6 Å². The van der Waals surface area contributed by atoms with E-state index in [9.17, 15) is 38.4 Å². The molecule has 83 heavy (non-hydrogen) atoms. The molecule has 474 valence electrons. The van der Waals surface area contributed by atoms with E-state index >= 15 is 0 Å². The summed E-state index contributed by atoms with van der Waals surface area (Å²) in [5.41, 5.74) is 1.77. The molecule has 0 N–H and O–H groups in total. The Morgan fingerprint density at radius 2 is 0.470 bits per heavy atom. The Bertz CT molecular complexity index is 2830. The Kier molecular flexibility index (Phi) is 31.7. The second-order valence-electron chi connectivity index (χ2n) is 27.2. The summed E-state index contributed by atoms with van der Waals surface area (Å²) >= 11 is 0. The van der Waals surface area contributed by atoms with Crippen LogP contribution in [0.2, 0.25) is 0 Å². The van der Waals surface area contributed by atoms with Gasteiger partial charge in [0.15, 0.2) is 0 Å². The zero-order valence-electron chi connectivity index (χ0n) is 57.1. The molecular formula is C67H118N8O8. The van der Waals surface area contributed by atoms with Gasteiger partial charge < -0.3 is 39.2 Å². The van der Waals surface area contributed by atoms with Crippen molar-refractivity contribution in [3.8, 4) is 0 Å². The highest BCUT2D eigenvalue weighted by atomic mass is 16.2. The topological polar surface area (TPSA) is 162 Å².